The summed E-state index contributed by atoms with van der Waals surface area (Å²) in [5.74, 6) is -0.777. The van der Waals surface area contributed by atoms with Crippen molar-refractivity contribution in [1.29, 1.82) is 5.26 Å². The van der Waals surface area contributed by atoms with Crippen LogP contribution in [0.3, 0.4) is 0 Å². The SMILES string of the molecule is Cc1cccc(NC(=O)CNC(=O)[C@@H](N)C(C)C)c1C#N. The van der Waals surface area contributed by atoms with Gasteiger partial charge in [0.25, 0.3) is 0 Å². The van der Waals surface area contributed by atoms with Crippen LogP contribution in [-0.2, 0) is 9.59 Å². The maximum absolute atomic E-state index is 11.8. The summed E-state index contributed by atoms with van der Waals surface area (Å²) in [5.41, 5.74) is 7.30. The van der Waals surface area contributed by atoms with Crippen LogP contribution >= 0.6 is 0 Å². The maximum Gasteiger partial charge on any atom is 0.243 e. The van der Waals surface area contributed by atoms with Gasteiger partial charge in [-0.3, -0.25) is 9.59 Å². The second-order valence-electron chi connectivity index (χ2n) is 5.15. The van der Waals surface area contributed by atoms with E-state index in [1.54, 1.807) is 25.1 Å². The average Bonchev–Trinajstić information content (AvgIpc) is 2.44. The number of nitriles is 1. The van der Waals surface area contributed by atoms with Gasteiger partial charge in [0, 0.05) is 0 Å². The number of nitrogens with zero attached hydrogens (tertiary/aromatic N) is 1. The zero-order valence-electron chi connectivity index (χ0n) is 12.4. The summed E-state index contributed by atoms with van der Waals surface area (Å²) in [6.07, 6.45) is 0. The van der Waals surface area contributed by atoms with E-state index in [-0.39, 0.29) is 18.4 Å². The largest absolute Gasteiger partial charge is 0.346 e. The summed E-state index contributed by atoms with van der Waals surface area (Å²) in [5, 5.41) is 14.2. The third-order valence-corrected chi connectivity index (χ3v) is 3.10. The van der Waals surface area contributed by atoms with E-state index in [9.17, 15) is 9.59 Å². The first-order valence-electron chi connectivity index (χ1n) is 6.69. The number of nitrogens with two attached hydrogens (primary N) is 1. The van der Waals surface area contributed by atoms with Crippen LogP contribution in [0.15, 0.2) is 18.2 Å². The van der Waals surface area contributed by atoms with Crippen LogP contribution in [0.25, 0.3) is 0 Å². The molecule has 0 bridgehead atoms. The molecule has 0 fully saturated rings. The van der Waals surface area contributed by atoms with Gasteiger partial charge in [0.05, 0.1) is 23.8 Å². The molecule has 0 saturated carbocycles. The highest BCUT2D eigenvalue weighted by atomic mass is 16.2. The Bertz CT molecular complexity index is 576. The molecule has 0 spiro atoms. The van der Waals surface area contributed by atoms with Crippen molar-refractivity contribution in [3.05, 3.63) is 29.3 Å². The fourth-order valence-electron chi connectivity index (χ4n) is 1.70. The van der Waals surface area contributed by atoms with Gasteiger partial charge in [0.1, 0.15) is 6.07 Å². The number of nitrogens with one attached hydrogen (secondary N) is 2. The van der Waals surface area contributed by atoms with Gasteiger partial charge in [0.15, 0.2) is 0 Å². The Morgan fingerprint density at radius 1 is 1.38 bits per heavy atom. The molecule has 2 amide bonds. The number of rotatable bonds is 5. The van der Waals surface area contributed by atoms with Gasteiger partial charge in [-0.2, -0.15) is 5.26 Å². The van der Waals surface area contributed by atoms with E-state index >= 15 is 0 Å². The molecule has 4 N–H and O–H groups in total. The molecule has 0 aliphatic rings. The fourth-order valence-corrected chi connectivity index (χ4v) is 1.70. The van der Waals surface area contributed by atoms with E-state index in [0.717, 1.165) is 5.56 Å². The van der Waals surface area contributed by atoms with E-state index in [1.165, 1.54) is 0 Å². The first kappa shape index (κ1) is 16.7. The van der Waals surface area contributed by atoms with Gasteiger partial charge in [-0.15, -0.1) is 0 Å². The highest BCUT2D eigenvalue weighted by Crippen LogP contribution is 2.17. The number of carbonyl (C=O) groups is 2. The average molecular weight is 288 g/mol. The number of benzene rings is 1. The summed E-state index contributed by atoms with van der Waals surface area (Å²) in [4.78, 5) is 23.5. The summed E-state index contributed by atoms with van der Waals surface area (Å²) < 4.78 is 0. The van der Waals surface area contributed by atoms with Crippen molar-refractivity contribution in [2.75, 3.05) is 11.9 Å². The van der Waals surface area contributed by atoms with Crippen LogP contribution in [0.2, 0.25) is 0 Å². The molecule has 0 unspecified atom stereocenters. The van der Waals surface area contributed by atoms with Crippen LogP contribution in [-0.4, -0.2) is 24.4 Å². The molecule has 1 aromatic carbocycles. The number of carbonyl (C=O) groups excluding carboxylic acids is 2. The zero-order valence-corrected chi connectivity index (χ0v) is 12.4. The highest BCUT2D eigenvalue weighted by molar-refractivity contribution is 5.96. The molecule has 0 saturated heterocycles. The predicted octanol–water partition coefficient (Wildman–Crippen LogP) is 0.905. The van der Waals surface area contributed by atoms with E-state index in [1.807, 2.05) is 19.9 Å². The molecule has 0 aliphatic carbocycles. The Morgan fingerprint density at radius 3 is 2.62 bits per heavy atom. The Hall–Kier alpha value is -2.39. The quantitative estimate of drug-likeness (QED) is 0.748. The lowest BCUT2D eigenvalue weighted by Crippen LogP contribution is -2.46. The van der Waals surface area contributed by atoms with Crippen molar-refractivity contribution in [2.45, 2.75) is 26.8 Å². The van der Waals surface area contributed by atoms with E-state index < -0.39 is 11.9 Å². The third-order valence-electron chi connectivity index (χ3n) is 3.10. The van der Waals surface area contributed by atoms with Crippen LogP contribution in [0, 0.1) is 24.2 Å². The van der Waals surface area contributed by atoms with E-state index in [2.05, 4.69) is 10.6 Å². The molecule has 0 aromatic heterocycles. The number of amides is 2. The van der Waals surface area contributed by atoms with Gasteiger partial charge >= 0.3 is 0 Å². The topological polar surface area (TPSA) is 108 Å². The van der Waals surface area contributed by atoms with E-state index in [0.29, 0.717) is 11.3 Å². The first-order valence-corrected chi connectivity index (χ1v) is 6.69. The van der Waals surface area contributed by atoms with Crippen molar-refractivity contribution in [3.63, 3.8) is 0 Å². The molecular weight excluding hydrogens is 268 g/mol. The molecule has 1 atom stereocenters. The minimum absolute atomic E-state index is 0.00461. The Kier molecular flexibility index (Phi) is 5.88. The van der Waals surface area contributed by atoms with Crippen molar-refractivity contribution < 1.29 is 9.59 Å². The number of anilines is 1. The standard InChI is InChI=1S/C15H20N4O2/c1-9(2)14(17)15(21)18-8-13(20)19-12-6-4-5-10(3)11(12)7-16/h4-6,9,14H,8,17H2,1-3H3,(H,18,21)(H,19,20)/t14-/m0/s1. The van der Waals surface area contributed by atoms with Gasteiger partial charge in [-0.05, 0) is 24.5 Å². The predicted molar refractivity (Wildman–Crippen MR) is 80.3 cm³/mol. The molecule has 112 valence electrons. The molecule has 21 heavy (non-hydrogen) atoms. The summed E-state index contributed by atoms with van der Waals surface area (Å²) in [6.45, 7) is 5.27. The molecule has 0 aliphatic heterocycles. The van der Waals surface area contributed by atoms with Crippen molar-refractivity contribution in [3.8, 4) is 6.07 Å². The lowest BCUT2D eigenvalue weighted by atomic mass is 10.1. The van der Waals surface area contributed by atoms with Crippen molar-refractivity contribution >= 4 is 17.5 Å². The number of hydrogen-bond donors (Lipinski definition) is 3. The lowest BCUT2D eigenvalue weighted by Gasteiger charge is -2.15. The Morgan fingerprint density at radius 2 is 2.05 bits per heavy atom. The first-order chi connectivity index (χ1) is 9.86. The minimum Gasteiger partial charge on any atom is -0.346 e. The van der Waals surface area contributed by atoms with Gasteiger partial charge < -0.3 is 16.4 Å². The van der Waals surface area contributed by atoms with Crippen molar-refractivity contribution in [2.24, 2.45) is 11.7 Å². The van der Waals surface area contributed by atoms with E-state index in [4.69, 9.17) is 11.0 Å². The Balaban J connectivity index is 2.62. The molecule has 6 nitrogen and oxygen atoms in total. The van der Waals surface area contributed by atoms with Crippen LogP contribution < -0.4 is 16.4 Å². The fraction of sp³-hybridized carbons (Fsp3) is 0.400. The number of aryl methyl sites for hydroxylation is 1. The summed E-state index contributed by atoms with van der Waals surface area (Å²) in [6, 6.07) is 6.58. The number of hydrogen-bond acceptors (Lipinski definition) is 4. The van der Waals surface area contributed by atoms with Gasteiger partial charge in [-0.25, -0.2) is 0 Å². The normalized spacial score (nSPS) is 11.6. The molecule has 6 heteroatoms. The third kappa shape index (κ3) is 4.58. The molecule has 1 aromatic rings. The summed E-state index contributed by atoms with van der Waals surface area (Å²) >= 11 is 0. The highest BCUT2D eigenvalue weighted by Gasteiger charge is 2.17. The molecular formula is C15H20N4O2. The molecule has 0 heterocycles. The zero-order chi connectivity index (χ0) is 16.0. The monoisotopic (exact) mass is 288 g/mol. The Labute approximate surface area is 124 Å². The lowest BCUT2D eigenvalue weighted by molar-refractivity contribution is -0.125. The second-order valence-corrected chi connectivity index (χ2v) is 5.15. The van der Waals surface area contributed by atoms with Crippen molar-refractivity contribution in [1.82, 2.24) is 5.32 Å². The smallest absolute Gasteiger partial charge is 0.243 e. The molecule has 0 radical (unpaired) electrons. The minimum atomic E-state index is -0.647. The maximum atomic E-state index is 11.8. The van der Waals surface area contributed by atoms with Gasteiger partial charge in [0.2, 0.25) is 11.8 Å². The van der Waals surface area contributed by atoms with Crippen LogP contribution in [0.5, 0.6) is 0 Å². The summed E-state index contributed by atoms with van der Waals surface area (Å²) in [7, 11) is 0. The molecule has 1 rings (SSSR count). The second kappa shape index (κ2) is 7.41. The van der Waals surface area contributed by atoms with Crippen LogP contribution in [0.1, 0.15) is 25.0 Å². The van der Waals surface area contributed by atoms with Gasteiger partial charge in [-0.1, -0.05) is 26.0 Å². The van der Waals surface area contributed by atoms with Crippen LogP contribution in [0.4, 0.5) is 5.69 Å².